The SMILES string of the molecule is CNC(C)C(=O)NC(C(=O)N1CCC2CCCN(CCc3ccccc3)CC21)C1CCCC1. The highest BCUT2D eigenvalue weighted by molar-refractivity contribution is 5.90. The summed E-state index contributed by atoms with van der Waals surface area (Å²) in [5.41, 5.74) is 1.38. The quantitative estimate of drug-likeness (QED) is 0.634. The number of nitrogens with zero attached hydrogens (tertiary/aromatic N) is 2. The molecule has 1 aromatic rings. The van der Waals surface area contributed by atoms with Gasteiger partial charge in [0.2, 0.25) is 11.8 Å². The Morgan fingerprint density at radius 2 is 1.79 bits per heavy atom. The van der Waals surface area contributed by atoms with Crippen LogP contribution in [0.5, 0.6) is 0 Å². The van der Waals surface area contributed by atoms with Crippen LogP contribution in [0.1, 0.15) is 57.4 Å². The first kappa shape index (κ1) is 24.2. The van der Waals surface area contributed by atoms with Crippen molar-refractivity contribution >= 4 is 11.8 Å². The number of benzene rings is 1. The van der Waals surface area contributed by atoms with E-state index in [1.54, 1.807) is 7.05 Å². The summed E-state index contributed by atoms with van der Waals surface area (Å²) in [6, 6.07) is 10.3. The number of nitrogens with one attached hydrogen (secondary N) is 2. The highest BCUT2D eigenvalue weighted by Crippen LogP contribution is 2.34. The lowest BCUT2D eigenvalue weighted by molar-refractivity contribution is -0.139. The Morgan fingerprint density at radius 1 is 1.03 bits per heavy atom. The second-order valence-electron chi connectivity index (χ2n) is 10.4. The molecule has 182 valence electrons. The molecule has 4 rings (SSSR count). The molecule has 2 saturated heterocycles. The Morgan fingerprint density at radius 3 is 2.52 bits per heavy atom. The summed E-state index contributed by atoms with van der Waals surface area (Å²) < 4.78 is 0. The van der Waals surface area contributed by atoms with Gasteiger partial charge in [-0.15, -0.1) is 0 Å². The van der Waals surface area contributed by atoms with Crippen molar-refractivity contribution < 1.29 is 9.59 Å². The van der Waals surface area contributed by atoms with E-state index >= 15 is 0 Å². The van der Waals surface area contributed by atoms with Crippen molar-refractivity contribution in [1.29, 1.82) is 0 Å². The molecule has 6 heteroatoms. The van der Waals surface area contributed by atoms with E-state index in [-0.39, 0.29) is 35.9 Å². The molecule has 3 fully saturated rings. The first-order valence-electron chi connectivity index (χ1n) is 13.1. The summed E-state index contributed by atoms with van der Waals surface area (Å²) in [7, 11) is 1.79. The van der Waals surface area contributed by atoms with Gasteiger partial charge in [-0.05, 0) is 76.4 Å². The van der Waals surface area contributed by atoms with Crippen molar-refractivity contribution in [3.63, 3.8) is 0 Å². The first-order valence-corrected chi connectivity index (χ1v) is 13.1. The van der Waals surface area contributed by atoms with Crippen LogP contribution in [-0.4, -0.2) is 73.0 Å². The van der Waals surface area contributed by atoms with Crippen LogP contribution in [0.15, 0.2) is 30.3 Å². The van der Waals surface area contributed by atoms with E-state index in [4.69, 9.17) is 0 Å². The van der Waals surface area contributed by atoms with Gasteiger partial charge in [0.15, 0.2) is 0 Å². The Labute approximate surface area is 199 Å². The number of hydrogen-bond donors (Lipinski definition) is 2. The zero-order valence-electron chi connectivity index (χ0n) is 20.5. The Balaban J connectivity index is 1.44. The van der Waals surface area contributed by atoms with Crippen molar-refractivity contribution in [3.8, 4) is 0 Å². The number of amides is 2. The maximum Gasteiger partial charge on any atom is 0.245 e. The van der Waals surface area contributed by atoms with Gasteiger partial charge in [0, 0.05) is 25.7 Å². The van der Waals surface area contributed by atoms with Crippen molar-refractivity contribution in [3.05, 3.63) is 35.9 Å². The molecule has 3 aliphatic rings. The number of carbonyl (C=O) groups is 2. The summed E-state index contributed by atoms with van der Waals surface area (Å²) in [4.78, 5) is 31.3. The van der Waals surface area contributed by atoms with E-state index in [1.165, 1.54) is 18.4 Å². The molecular formula is C27H42N4O2. The molecule has 33 heavy (non-hydrogen) atoms. The number of hydrogen-bond acceptors (Lipinski definition) is 4. The monoisotopic (exact) mass is 454 g/mol. The lowest BCUT2D eigenvalue weighted by Gasteiger charge is -2.35. The van der Waals surface area contributed by atoms with E-state index in [1.807, 2.05) is 6.92 Å². The van der Waals surface area contributed by atoms with Crippen LogP contribution in [0.25, 0.3) is 0 Å². The minimum Gasteiger partial charge on any atom is -0.343 e. The number of fused-ring (bicyclic) bond motifs is 1. The maximum atomic E-state index is 13.9. The smallest absolute Gasteiger partial charge is 0.245 e. The van der Waals surface area contributed by atoms with Crippen molar-refractivity contribution in [2.24, 2.45) is 11.8 Å². The van der Waals surface area contributed by atoms with Crippen molar-refractivity contribution in [2.45, 2.75) is 76.4 Å². The number of carbonyl (C=O) groups excluding carboxylic acids is 2. The predicted molar refractivity (Wildman–Crippen MR) is 132 cm³/mol. The predicted octanol–water partition coefficient (Wildman–Crippen LogP) is 2.82. The van der Waals surface area contributed by atoms with Gasteiger partial charge in [-0.2, -0.15) is 0 Å². The molecule has 2 N–H and O–H groups in total. The highest BCUT2D eigenvalue weighted by Gasteiger charge is 2.43. The Kier molecular flexibility index (Phi) is 8.42. The second-order valence-corrected chi connectivity index (χ2v) is 10.4. The number of rotatable bonds is 8. The third-order valence-corrected chi connectivity index (χ3v) is 8.28. The van der Waals surface area contributed by atoms with Gasteiger partial charge in [0.25, 0.3) is 0 Å². The van der Waals surface area contributed by atoms with Crippen LogP contribution >= 0.6 is 0 Å². The molecule has 0 bridgehead atoms. The Bertz CT molecular complexity index is 780. The lowest BCUT2D eigenvalue weighted by Crippen LogP contribution is -2.57. The molecule has 0 aromatic heterocycles. The van der Waals surface area contributed by atoms with Crippen LogP contribution in [0.2, 0.25) is 0 Å². The van der Waals surface area contributed by atoms with Crippen molar-refractivity contribution in [1.82, 2.24) is 20.4 Å². The minimum atomic E-state index is -0.379. The van der Waals surface area contributed by atoms with Gasteiger partial charge in [-0.25, -0.2) is 0 Å². The molecule has 1 saturated carbocycles. The zero-order chi connectivity index (χ0) is 23.2. The molecule has 0 spiro atoms. The van der Waals surface area contributed by atoms with Gasteiger partial charge in [-0.3, -0.25) is 9.59 Å². The van der Waals surface area contributed by atoms with Gasteiger partial charge < -0.3 is 20.4 Å². The second kappa shape index (κ2) is 11.5. The summed E-state index contributed by atoms with van der Waals surface area (Å²) in [5.74, 6) is 0.955. The molecule has 1 aliphatic carbocycles. The first-order chi connectivity index (χ1) is 16.1. The van der Waals surface area contributed by atoms with Gasteiger partial charge in [0.05, 0.1) is 6.04 Å². The van der Waals surface area contributed by atoms with Crippen LogP contribution in [0.4, 0.5) is 0 Å². The molecule has 6 nitrogen and oxygen atoms in total. The summed E-state index contributed by atoms with van der Waals surface area (Å²) >= 11 is 0. The summed E-state index contributed by atoms with van der Waals surface area (Å²) in [6.45, 7) is 5.80. The molecule has 2 aliphatic heterocycles. The largest absolute Gasteiger partial charge is 0.343 e. The topological polar surface area (TPSA) is 64.7 Å². The van der Waals surface area contributed by atoms with Crippen LogP contribution in [0.3, 0.4) is 0 Å². The van der Waals surface area contributed by atoms with Gasteiger partial charge >= 0.3 is 0 Å². The molecule has 2 amide bonds. The van der Waals surface area contributed by atoms with Gasteiger partial charge in [-0.1, -0.05) is 43.2 Å². The van der Waals surface area contributed by atoms with E-state index < -0.39 is 0 Å². The van der Waals surface area contributed by atoms with Crippen LogP contribution < -0.4 is 10.6 Å². The number of likely N-dealkylation sites (N-methyl/N-ethyl adjacent to an activating group) is 1. The van der Waals surface area contributed by atoms with E-state index in [9.17, 15) is 9.59 Å². The van der Waals surface area contributed by atoms with Crippen LogP contribution in [-0.2, 0) is 16.0 Å². The highest BCUT2D eigenvalue weighted by atomic mass is 16.2. The average molecular weight is 455 g/mol. The molecule has 4 atom stereocenters. The fraction of sp³-hybridized carbons (Fsp3) is 0.704. The van der Waals surface area contributed by atoms with Gasteiger partial charge in [0.1, 0.15) is 6.04 Å². The third kappa shape index (κ3) is 5.96. The van der Waals surface area contributed by atoms with E-state index in [0.717, 1.165) is 64.7 Å². The van der Waals surface area contributed by atoms with Crippen molar-refractivity contribution in [2.75, 3.05) is 33.2 Å². The standard InChI is InChI=1S/C27H42N4O2/c1-20(28-2)26(32)29-25(23-11-6-7-12-23)27(33)31-18-15-22-13-8-16-30(19-24(22)31)17-14-21-9-4-3-5-10-21/h3-5,9-10,20,22-25,28H,6-8,11-19H2,1-2H3,(H,29,32). The average Bonchev–Trinajstić information content (AvgIpc) is 3.47. The molecule has 0 radical (unpaired) electrons. The maximum absolute atomic E-state index is 13.9. The summed E-state index contributed by atoms with van der Waals surface area (Å²) in [5, 5.41) is 6.16. The molecular weight excluding hydrogens is 412 g/mol. The molecule has 1 aromatic carbocycles. The number of likely N-dealkylation sites (tertiary alicyclic amines) is 2. The van der Waals surface area contributed by atoms with E-state index in [0.29, 0.717) is 5.92 Å². The molecule has 2 heterocycles. The minimum absolute atomic E-state index is 0.0659. The lowest BCUT2D eigenvalue weighted by atomic mass is 9.94. The normalized spacial score (nSPS) is 25.9. The molecule has 4 unspecified atom stereocenters. The third-order valence-electron chi connectivity index (χ3n) is 8.28. The summed E-state index contributed by atoms with van der Waals surface area (Å²) in [6.07, 6.45) is 8.95. The van der Waals surface area contributed by atoms with E-state index in [2.05, 4.69) is 50.8 Å². The zero-order valence-corrected chi connectivity index (χ0v) is 20.5. The van der Waals surface area contributed by atoms with Crippen LogP contribution in [0, 0.1) is 11.8 Å². The fourth-order valence-corrected chi connectivity index (χ4v) is 6.10. The Hall–Kier alpha value is -1.92. The fourth-order valence-electron chi connectivity index (χ4n) is 6.10.